The first-order valence-corrected chi connectivity index (χ1v) is 8.33. The first-order chi connectivity index (χ1) is 10.2. The first-order valence-electron chi connectivity index (χ1n) is 8.33. The van der Waals surface area contributed by atoms with Crippen molar-refractivity contribution >= 4 is 5.69 Å². The van der Waals surface area contributed by atoms with Crippen molar-refractivity contribution in [3.63, 3.8) is 0 Å². The monoisotopic (exact) mass is 290 g/mol. The fourth-order valence-electron chi connectivity index (χ4n) is 3.43. The third-order valence-electron chi connectivity index (χ3n) is 4.65. The second-order valence-corrected chi connectivity index (χ2v) is 6.14. The van der Waals surface area contributed by atoms with Crippen LogP contribution < -0.4 is 15.0 Å². The van der Waals surface area contributed by atoms with Crippen molar-refractivity contribution < 1.29 is 4.74 Å². The SMILES string of the molecule is CCNC1CCCCCC1CN(C)c1ccc(OC)cc1. The molecular weight excluding hydrogens is 260 g/mol. The van der Waals surface area contributed by atoms with Gasteiger partial charge in [0.2, 0.25) is 0 Å². The number of anilines is 1. The van der Waals surface area contributed by atoms with Gasteiger partial charge < -0.3 is 15.0 Å². The fraction of sp³-hybridized carbons (Fsp3) is 0.667. The van der Waals surface area contributed by atoms with Gasteiger partial charge in [0.25, 0.3) is 0 Å². The van der Waals surface area contributed by atoms with E-state index in [1.165, 1.54) is 37.8 Å². The van der Waals surface area contributed by atoms with Crippen LogP contribution >= 0.6 is 0 Å². The molecule has 1 aliphatic rings. The Kier molecular flexibility index (Phi) is 6.37. The van der Waals surface area contributed by atoms with Crippen LogP contribution in [0.15, 0.2) is 24.3 Å². The minimum atomic E-state index is 0.679. The van der Waals surface area contributed by atoms with E-state index in [-0.39, 0.29) is 0 Å². The van der Waals surface area contributed by atoms with Gasteiger partial charge in [-0.05, 0) is 49.6 Å². The van der Waals surface area contributed by atoms with Crippen LogP contribution in [0.1, 0.15) is 39.0 Å². The third-order valence-corrected chi connectivity index (χ3v) is 4.65. The van der Waals surface area contributed by atoms with Crippen LogP contribution in [0.5, 0.6) is 5.75 Å². The van der Waals surface area contributed by atoms with E-state index in [1.807, 2.05) is 12.1 Å². The van der Waals surface area contributed by atoms with Gasteiger partial charge in [-0.25, -0.2) is 0 Å². The quantitative estimate of drug-likeness (QED) is 0.809. The van der Waals surface area contributed by atoms with Crippen molar-refractivity contribution in [2.24, 2.45) is 5.92 Å². The fourth-order valence-corrected chi connectivity index (χ4v) is 3.43. The maximum atomic E-state index is 5.24. The maximum absolute atomic E-state index is 5.24. The van der Waals surface area contributed by atoms with Crippen molar-refractivity contribution in [3.8, 4) is 5.75 Å². The average Bonchev–Trinajstić information content (AvgIpc) is 2.73. The molecule has 0 aromatic heterocycles. The molecule has 1 N–H and O–H groups in total. The summed E-state index contributed by atoms with van der Waals surface area (Å²) in [6, 6.07) is 9.06. The number of ether oxygens (including phenoxy) is 1. The molecule has 0 bridgehead atoms. The molecule has 21 heavy (non-hydrogen) atoms. The summed E-state index contributed by atoms with van der Waals surface area (Å²) in [6.07, 6.45) is 6.82. The molecule has 2 atom stereocenters. The Morgan fingerprint density at radius 3 is 2.52 bits per heavy atom. The normalized spacial score (nSPS) is 22.6. The van der Waals surface area contributed by atoms with Gasteiger partial charge >= 0.3 is 0 Å². The molecule has 1 fully saturated rings. The lowest BCUT2D eigenvalue weighted by atomic mass is 9.94. The molecule has 3 nitrogen and oxygen atoms in total. The van der Waals surface area contributed by atoms with Crippen LogP contribution in [-0.2, 0) is 0 Å². The van der Waals surface area contributed by atoms with Gasteiger partial charge in [0.05, 0.1) is 7.11 Å². The maximum Gasteiger partial charge on any atom is 0.119 e. The van der Waals surface area contributed by atoms with Gasteiger partial charge in [0.1, 0.15) is 5.75 Å². The topological polar surface area (TPSA) is 24.5 Å². The van der Waals surface area contributed by atoms with Crippen LogP contribution in [0, 0.1) is 5.92 Å². The van der Waals surface area contributed by atoms with Crippen molar-refractivity contribution in [1.82, 2.24) is 5.32 Å². The predicted octanol–water partition coefficient (Wildman–Crippen LogP) is 3.69. The van der Waals surface area contributed by atoms with E-state index in [0.717, 1.165) is 24.8 Å². The van der Waals surface area contributed by atoms with E-state index in [2.05, 4.69) is 36.3 Å². The van der Waals surface area contributed by atoms with Gasteiger partial charge in [-0.15, -0.1) is 0 Å². The lowest BCUT2D eigenvalue weighted by Crippen LogP contribution is -2.41. The van der Waals surface area contributed by atoms with E-state index in [4.69, 9.17) is 4.74 Å². The second kappa shape index (κ2) is 8.28. The molecule has 3 heteroatoms. The lowest BCUT2D eigenvalue weighted by molar-refractivity contribution is 0.343. The van der Waals surface area contributed by atoms with Crippen molar-refractivity contribution in [3.05, 3.63) is 24.3 Å². The molecule has 118 valence electrons. The Hall–Kier alpha value is -1.22. The molecule has 1 aliphatic carbocycles. The summed E-state index contributed by atoms with van der Waals surface area (Å²) in [7, 11) is 3.92. The number of hydrogen-bond acceptors (Lipinski definition) is 3. The minimum absolute atomic E-state index is 0.679. The lowest BCUT2D eigenvalue weighted by Gasteiger charge is -2.31. The number of benzene rings is 1. The van der Waals surface area contributed by atoms with Gasteiger partial charge in [-0.2, -0.15) is 0 Å². The average molecular weight is 290 g/mol. The standard InChI is InChI=1S/C18H30N2O/c1-4-19-18-9-7-5-6-8-15(18)14-20(2)16-10-12-17(21-3)13-11-16/h10-13,15,18-19H,4-9,14H2,1-3H3. The zero-order chi connectivity index (χ0) is 15.1. The van der Waals surface area contributed by atoms with Crippen LogP contribution in [0.4, 0.5) is 5.69 Å². The van der Waals surface area contributed by atoms with Crippen LogP contribution in [0.25, 0.3) is 0 Å². The summed E-state index contributed by atoms with van der Waals surface area (Å²) >= 11 is 0. The summed E-state index contributed by atoms with van der Waals surface area (Å²) in [6.45, 7) is 4.42. The van der Waals surface area contributed by atoms with Crippen LogP contribution in [0.2, 0.25) is 0 Å². The molecule has 1 aromatic rings. The largest absolute Gasteiger partial charge is 0.497 e. The first kappa shape index (κ1) is 16.2. The molecule has 0 spiro atoms. The Balaban J connectivity index is 1.99. The molecule has 0 saturated heterocycles. The summed E-state index contributed by atoms with van der Waals surface area (Å²) in [4.78, 5) is 2.39. The van der Waals surface area contributed by atoms with Crippen LogP contribution in [-0.4, -0.2) is 33.3 Å². The third kappa shape index (κ3) is 4.63. The van der Waals surface area contributed by atoms with E-state index in [1.54, 1.807) is 7.11 Å². The molecule has 0 heterocycles. The summed E-state index contributed by atoms with van der Waals surface area (Å²) in [5.41, 5.74) is 1.27. The number of nitrogens with one attached hydrogen (secondary N) is 1. The highest BCUT2D eigenvalue weighted by molar-refractivity contribution is 5.48. The number of nitrogens with zero attached hydrogens (tertiary/aromatic N) is 1. The van der Waals surface area contributed by atoms with Gasteiger partial charge in [-0.3, -0.25) is 0 Å². The zero-order valence-electron chi connectivity index (χ0n) is 13.8. The van der Waals surface area contributed by atoms with Crippen LogP contribution in [0.3, 0.4) is 0 Å². The molecular formula is C18H30N2O. The summed E-state index contributed by atoms with van der Waals surface area (Å²) < 4.78 is 5.24. The highest BCUT2D eigenvalue weighted by Crippen LogP contribution is 2.26. The molecule has 0 radical (unpaired) electrons. The number of methoxy groups -OCH3 is 1. The second-order valence-electron chi connectivity index (χ2n) is 6.14. The van der Waals surface area contributed by atoms with E-state index in [9.17, 15) is 0 Å². The van der Waals surface area contributed by atoms with Gasteiger partial charge in [0.15, 0.2) is 0 Å². The van der Waals surface area contributed by atoms with E-state index < -0.39 is 0 Å². The Bertz CT molecular complexity index is 404. The molecule has 2 unspecified atom stereocenters. The zero-order valence-corrected chi connectivity index (χ0v) is 13.8. The number of hydrogen-bond donors (Lipinski definition) is 1. The van der Waals surface area contributed by atoms with Gasteiger partial charge in [-0.1, -0.05) is 26.2 Å². The highest BCUT2D eigenvalue weighted by Gasteiger charge is 2.24. The van der Waals surface area contributed by atoms with Crippen molar-refractivity contribution in [2.45, 2.75) is 45.1 Å². The molecule has 0 amide bonds. The molecule has 2 rings (SSSR count). The summed E-state index contributed by atoms with van der Waals surface area (Å²) in [5, 5.41) is 3.70. The Morgan fingerprint density at radius 2 is 1.86 bits per heavy atom. The molecule has 1 aromatic carbocycles. The smallest absolute Gasteiger partial charge is 0.119 e. The van der Waals surface area contributed by atoms with Crippen molar-refractivity contribution in [2.75, 3.05) is 32.1 Å². The molecule has 0 aliphatic heterocycles. The van der Waals surface area contributed by atoms with E-state index in [0.29, 0.717) is 6.04 Å². The number of rotatable bonds is 6. The minimum Gasteiger partial charge on any atom is -0.497 e. The Morgan fingerprint density at radius 1 is 1.14 bits per heavy atom. The highest BCUT2D eigenvalue weighted by atomic mass is 16.5. The predicted molar refractivity (Wildman–Crippen MR) is 90.3 cm³/mol. The van der Waals surface area contributed by atoms with Gasteiger partial charge in [0, 0.05) is 25.3 Å². The van der Waals surface area contributed by atoms with Crippen molar-refractivity contribution in [1.29, 1.82) is 0 Å². The molecule has 1 saturated carbocycles. The van der Waals surface area contributed by atoms with E-state index >= 15 is 0 Å². The summed E-state index contributed by atoms with van der Waals surface area (Å²) in [5.74, 6) is 1.67. The Labute approximate surface area is 129 Å².